The lowest BCUT2D eigenvalue weighted by Gasteiger charge is -2.34. The summed E-state index contributed by atoms with van der Waals surface area (Å²) < 4.78 is 5.67. The number of fused-ring (bicyclic) bond motifs is 3. The first kappa shape index (κ1) is 23.8. The van der Waals surface area contributed by atoms with Crippen LogP contribution in [0.1, 0.15) is 49.7 Å². The third-order valence-electron chi connectivity index (χ3n) is 7.08. The minimum Gasteiger partial charge on any atom is -0.481 e. The van der Waals surface area contributed by atoms with Crippen LogP contribution in [0, 0.1) is 11.8 Å². The molecule has 2 amide bonds. The van der Waals surface area contributed by atoms with E-state index in [0.717, 1.165) is 24.0 Å². The fourth-order valence-electron chi connectivity index (χ4n) is 5.25. The highest BCUT2D eigenvalue weighted by molar-refractivity contribution is 5.81. The van der Waals surface area contributed by atoms with E-state index in [1.807, 2.05) is 24.3 Å². The Labute approximate surface area is 200 Å². The molecule has 180 valence electrons. The summed E-state index contributed by atoms with van der Waals surface area (Å²) in [6.07, 6.45) is 2.67. The lowest BCUT2D eigenvalue weighted by Crippen LogP contribution is -2.49. The second kappa shape index (κ2) is 10.3. The predicted octanol–water partition coefficient (Wildman–Crippen LogP) is 4.26. The second-order valence-corrected chi connectivity index (χ2v) is 9.43. The lowest BCUT2D eigenvalue weighted by atomic mass is 9.83. The van der Waals surface area contributed by atoms with E-state index < -0.39 is 18.0 Å². The van der Waals surface area contributed by atoms with Gasteiger partial charge < -0.3 is 20.1 Å². The highest BCUT2D eigenvalue weighted by atomic mass is 16.5. The molecule has 1 fully saturated rings. The lowest BCUT2D eigenvalue weighted by molar-refractivity contribution is -0.143. The number of hydrogen-bond donors (Lipinski definition) is 2. The zero-order valence-corrected chi connectivity index (χ0v) is 19.7. The molecule has 0 radical (unpaired) electrons. The first-order valence-corrected chi connectivity index (χ1v) is 12.0. The summed E-state index contributed by atoms with van der Waals surface area (Å²) in [7, 11) is 1.63. The van der Waals surface area contributed by atoms with Crippen LogP contribution in [0.2, 0.25) is 0 Å². The number of nitrogens with one attached hydrogen (secondary N) is 1. The Bertz CT molecular complexity index is 1020. The van der Waals surface area contributed by atoms with Gasteiger partial charge in [0.25, 0.3) is 0 Å². The molecule has 4 rings (SSSR count). The molecule has 0 saturated heterocycles. The summed E-state index contributed by atoms with van der Waals surface area (Å²) in [6.45, 7) is 1.95. The molecular formula is C27H32N2O5. The third-order valence-corrected chi connectivity index (χ3v) is 7.08. The zero-order chi connectivity index (χ0) is 24.2. The van der Waals surface area contributed by atoms with Crippen LogP contribution in [0.3, 0.4) is 0 Å². The number of rotatable bonds is 7. The van der Waals surface area contributed by atoms with Crippen molar-refractivity contribution in [1.82, 2.24) is 10.2 Å². The van der Waals surface area contributed by atoms with Crippen LogP contribution in [0.5, 0.6) is 0 Å². The number of ether oxygens (including phenoxy) is 1. The quantitative estimate of drug-likeness (QED) is 0.638. The number of carboxylic acid groups (broad SMARTS) is 1. The van der Waals surface area contributed by atoms with Crippen molar-refractivity contribution in [1.29, 1.82) is 0 Å². The van der Waals surface area contributed by atoms with Crippen LogP contribution in [-0.2, 0) is 14.3 Å². The topological polar surface area (TPSA) is 95.9 Å². The average Bonchev–Trinajstić information content (AvgIpc) is 3.16. The highest BCUT2D eigenvalue weighted by Crippen LogP contribution is 2.44. The van der Waals surface area contributed by atoms with Crippen LogP contribution in [0.15, 0.2) is 48.5 Å². The van der Waals surface area contributed by atoms with Gasteiger partial charge in [-0.15, -0.1) is 0 Å². The van der Waals surface area contributed by atoms with Gasteiger partial charge in [0, 0.05) is 25.6 Å². The van der Waals surface area contributed by atoms with Gasteiger partial charge in [0.05, 0.1) is 11.8 Å². The molecule has 0 spiro atoms. The first-order chi connectivity index (χ1) is 16.4. The van der Waals surface area contributed by atoms with Crippen molar-refractivity contribution in [2.24, 2.45) is 11.8 Å². The molecule has 7 nitrogen and oxygen atoms in total. The monoisotopic (exact) mass is 464 g/mol. The van der Waals surface area contributed by atoms with Crippen LogP contribution in [-0.4, -0.2) is 54.2 Å². The van der Waals surface area contributed by atoms with Gasteiger partial charge in [-0.25, -0.2) is 4.79 Å². The van der Waals surface area contributed by atoms with Crippen molar-refractivity contribution in [3.8, 4) is 11.1 Å². The molecule has 2 aliphatic rings. The van der Waals surface area contributed by atoms with Crippen LogP contribution < -0.4 is 5.32 Å². The summed E-state index contributed by atoms with van der Waals surface area (Å²) in [5, 5.41) is 12.1. The molecule has 2 N–H and O–H groups in total. The number of hydrogen-bond acceptors (Lipinski definition) is 4. The molecule has 2 aromatic carbocycles. The van der Waals surface area contributed by atoms with E-state index in [0.29, 0.717) is 12.8 Å². The standard InChI is InChI=1S/C27H32N2O5/c1-17(26(31)32)15-29(2)25(30)22-13-7-8-14-24(22)28-27(33)34-16-23-20-11-5-3-9-18(20)19-10-4-6-12-21(19)23/h3-6,9-12,17,22-24H,7-8,13-16H2,1-2H3,(H,28,33)(H,31,32)/t17?,22-,24+/m0/s1. The summed E-state index contributed by atoms with van der Waals surface area (Å²) >= 11 is 0. The molecule has 1 unspecified atom stereocenters. The maximum Gasteiger partial charge on any atom is 0.407 e. The Morgan fingerprint density at radius 2 is 1.62 bits per heavy atom. The normalized spacial score (nSPS) is 20.1. The van der Waals surface area contributed by atoms with Crippen LogP contribution in [0.25, 0.3) is 11.1 Å². The number of carbonyl (C=O) groups is 3. The van der Waals surface area contributed by atoms with Gasteiger partial charge >= 0.3 is 12.1 Å². The molecule has 0 aromatic heterocycles. The van der Waals surface area contributed by atoms with Crippen molar-refractivity contribution in [3.63, 3.8) is 0 Å². The van der Waals surface area contributed by atoms with E-state index in [1.54, 1.807) is 14.0 Å². The Morgan fingerprint density at radius 1 is 1.03 bits per heavy atom. The summed E-state index contributed by atoms with van der Waals surface area (Å²) in [6, 6.07) is 16.0. The van der Waals surface area contributed by atoms with Gasteiger partial charge in [-0.05, 0) is 35.1 Å². The number of alkyl carbamates (subject to hydrolysis) is 1. The number of amides is 2. The Hall–Kier alpha value is -3.35. The molecule has 0 aliphatic heterocycles. The predicted molar refractivity (Wildman–Crippen MR) is 128 cm³/mol. The zero-order valence-electron chi connectivity index (χ0n) is 19.7. The molecule has 1 saturated carbocycles. The SMILES string of the molecule is CC(CN(C)C(=O)[C@H]1CCCC[C@H]1NC(=O)OCC1c2ccccc2-c2ccccc21)C(=O)O. The second-order valence-electron chi connectivity index (χ2n) is 9.43. The Balaban J connectivity index is 1.38. The highest BCUT2D eigenvalue weighted by Gasteiger charge is 2.35. The fraction of sp³-hybridized carbons (Fsp3) is 0.444. The van der Waals surface area contributed by atoms with Gasteiger partial charge in [0.2, 0.25) is 5.91 Å². The third kappa shape index (κ3) is 4.93. The number of carbonyl (C=O) groups excluding carboxylic acids is 2. The molecule has 0 bridgehead atoms. The van der Waals surface area contributed by atoms with Gasteiger partial charge in [0.1, 0.15) is 6.61 Å². The molecule has 0 heterocycles. The molecule has 7 heteroatoms. The van der Waals surface area contributed by atoms with E-state index >= 15 is 0 Å². The van der Waals surface area contributed by atoms with Crippen molar-refractivity contribution < 1.29 is 24.2 Å². The Morgan fingerprint density at radius 3 is 2.24 bits per heavy atom. The van der Waals surface area contributed by atoms with Gasteiger partial charge in [0.15, 0.2) is 0 Å². The summed E-state index contributed by atoms with van der Waals surface area (Å²) in [5.74, 6) is -2.11. The minimum atomic E-state index is -0.934. The van der Waals surface area contributed by atoms with Crippen molar-refractivity contribution >= 4 is 18.0 Å². The van der Waals surface area contributed by atoms with Crippen molar-refractivity contribution in [2.75, 3.05) is 20.2 Å². The largest absolute Gasteiger partial charge is 0.481 e. The molecule has 2 aliphatic carbocycles. The summed E-state index contributed by atoms with van der Waals surface area (Å²) in [4.78, 5) is 38.4. The Kier molecular flexibility index (Phi) is 7.20. The van der Waals surface area contributed by atoms with Crippen molar-refractivity contribution in [3.05, 3.63) is 59.7 Å². The van der Waals surface area contributed by atoms with Gasteiger partial charge in [-0.3, -0.25) is 9.59 Å². The van der Waals surface area contributed by atoms with E-state index in [4.69, 9.17) is 9.84 Å². The number of nitrogens with zero attached hydrogens (tertiary/aromatic N) is 1. The number of aliphatic carboxylic acids is 1. The summed E-state index contributed by atoms with van der Waals surface area (Å²) in [5.41, 5.74) is 4.64. The number of carboxylic acids is 1. The molecular weight excluding hydrogens is 432 g/mol. The van der Waals surface area contributed by atoms with Crippen LogP contribution in [0.4, 0.5) is 4.79 Å². The molecule has 2 aromatic rings. The first-order valence-electron chi connectivity index (χ1n) is 12.0. The van der Waals surface area contributed by atoms with Crippen molar-refractivity contribution in [2.45, 2.75) is 44.6 Å². The number of benzene rings is 2. The van der Waals surface area contributed by atoms with Crippen LogP contribution >= 0.6 is 0 Å². The van der Waals surface area contributed by atoms with E-state index in [-0.39, 0.29) is 36.9 Å². The van der Waals surface area contributed by atoms with E-state index in [2.05, 4.69) is 29.6 Å². The minimum absolute atomic E-state index is 0.0226. The molecule has 3 atom stereocenters. The molecule has 34 heavy (non-hydrogen) atoms. The smallest absolute Gasteiger partial charge is 0.407 e. The van der Waals surface area contributed by atoms with Gasteiger partial charge in [-0.2, -0.15) is 0 Å². The van der Waals surface area contributed by atoms with Gasteiger partial charge in [-0.1, -0.05) is 68.3 Å². The maximum absolute atomic E-state index is 13.0. The van der Waals surface area contributed by atoms with E-state index in [1.165, 1.54) is 16.0 Å². The average molecular weight is 465 g/mol. The van der Waals surface area contributed by atoms with E-state index in [9.17, 15) is 14.4 Å². The fourth-order valence-corrected chi connectivity index (χ4v) is 5.25. The maximum atomic E-state index is 13.0.